The predicted octanol–water partition coefficient (Wildman–Crippen LogP) is 1.94. The van der Waals surface area contributed by atoms with Gasteiger partial charge < -0.3 is 10.1 Å². The van der Waals surface area contributed by atoms with Crippen LogP contribution in [0.4, 0.5) is 0 Å². The Hall–Kier alpha value is -1.00. The molecule has 1 unspecified atom stereocenters. The van der Waals surface area contributed by atoms with Crippen LogP contribution in [0.2, 0.25) is 0 Å². The number of hydrogen-bond acceptors (Lipinski definition) is 4. The smallest absolute Gasteiger partial charge is 0.0756 e. The van der Waals surface area contributed by atoms with E-state index in [1.165, 1.54) is 0 Å². The highest BCUT2D eigenvalue weighted by atomic mass is 16.5. The largest absolute Gasteiger partial charge is 0.382 e. The summed E-state index contributed by atoms with van der Waals surface area (Å²) in [6.45, 7) is 6.67. The van der Waals surface area contributed by atoms with Crippen LogP contribution in [0, 0.1) is 0 Å². The van der Waals surface area contributed by atoms with Gasteiger partial charge in [0.05, 0.1) is 11.7 Å². The lowest BCUT2D eigenvalue weighted by Gasteiger charge is -2.16. The standard InChI is InChI=1S/C12H21N3O/c1-3-14-11(6-5-9-16-4-2)12-10-13-7-8-15-12/h7-8,10-11,14H,3-6,9H2,1-2H3. The Kier molecular flexibility index (Phi) is 6.69. The van der Waals surface area contributed by atoms with Crippen LogP contribution in [0.25, 0.3) is 0 Å². The van der Waals surface area contributed by atoms with Crippen LogP contribution in [0.5, 0.6) is 0 Å². The van der Waals surface area contributed by atoms with E-state index >= 15 is 0 Å². The van der Waals surface area contributed by atoms with E-state index in [-0.39, 0.29) is 0 Å². The second kappa shape index (κ2) is 8.19. The quantitative estimate of drug-likeness (QED) is 0.684. The molecule has 0 fully saturated rings. The van der Waals surface area contributed by atoms with Crippen molar-refractivity contribution in [3.8, 4) is 0 Å². The SMILES string of the molecule is CCNC(CCCOCC)c1cnccn1. The summed E-state index contributed by atoms with van der Waals surface area (Å²) in [5, 5.41) is 3.42. The van der Waals surface area contributed by atoms with Crippen molar-refractivity contribution in [1.29, 1.82) is 0 Å². The van der Waals surface area contributed by atoms with Crippen LogP contribution in [-0.4, -0.2) is 29.7 Å². The molecule has 0 aromatic carbocycles. The molecule has 0 saturated heterocycles. The Morgan fingerprint density at radius 3 is 2.88 bits per heavy atom. The first-order valence-corrected chi connectivity index (χ1v) is 5.95. The fourth-order valence-electron chi connectivity index (χ4n) is 1.63. The molecule has 0 amide bonds. The third kappa shape index (κ3) is 4.68. The monoisotopic (exact) mass is 223 g/mol. The third-order valence-electron chi connectivity index (χ3n) is 2.38. The minimum absolute atomic E-state index is 0.291. The van der Waals surface area contributed by atoms with E-state index in [1.807, 2.05) is 13.1 Å². The molecule has 0 aliphatic rings. The van der Waals surface area contributed by atoms with E-state index in [0.717, 1.165) is 38.3 Å². The van der Waals surface area contributed by atoms with Crippen molar-refractivity contribution in [2.24, 2.45) is 0 Å². The van der Waals surface area contributed by atoms with Gasteiger partial charge in [-0.2, -0.15) is 0 Å². The number of hydrogen-bond donors (Lipinski definition) is 1. The molecule has 4 nitrogen and oxygen atoms in total. The van der Waals surface area contributed by atoms with Gasteiger partial charge in [-0.15, -0.1) is 0 Å². The van der Waals surface area contributed by atoms with Gasteiger partial charge in [-0.1, -0.05) is 6.92 Å². The maximum absolute atomic E-state index is 5.33. The first-order chi connectivity index (χ1) is 7.88. The fraction of sp³-hybridized carbons (Fsp3) is 0.667. The normalized spacial score (nSPS) is 12.6. The van der Waals surface area contributed by atoms with Gasteiger partial charge >= 0.3 is 0 Å². The molecule has 0 saturated carbocycles. The van der Waals surface area contributed by atoms with Gasteiger partial charge in [-0.25, -0.2) is 0 Å². The molecule has 0 bridgehead atoms. The highest BCUT2D eigenvalue weighted by Gasteiger charge is 2.10. The van der Waals surface area contributed by atoms with Crippen LogP contribution in [-0.2, 0) is 4.74 Å². The lowest BCUT2D eigenvalue weighted by molar-refractivity contribution is 0.140. The van der Waals surface area contributed by atoms with Crippen molar-refractivity contribution in [3.05, 3.63) is 24.3 Å². The Morgan fingerprint density at radius 1 is 1.38 bits per heavy atom. The van der Waals surface area contributed by atoms with Gasteiger partial charge in [0.2, 0.25) is 0 Å². The van der Waals surface area contributed by atoms with Crippen LogP contribution >= 0.6 is 0 Å². The van der Waals surface area contributed by atoms with E-state index < -0.39 is 0 Å². The molecule has 0 aliphatic carbocycles. The molecule has 0 radical (unpaired) electrons. The van der Waals surface area contributed by atoms with E-state index in [4.69, 9.17) is 4.74 Å². The van der Waals surface area contributed by atoms with Crippen LogP contribution < -0.4 is 5.32 Å². The van der Waals surface area contributed by atoms with Crippen molar-refractivity contribution in [2.75, 3.05) is 19.8 Å². The maximum atomic E-state index is 5.33. The number of nitrogens with zero attached hydrogens (tertiary/aromatic N) is 2. The summed E-state index contributed by atoms with van der Waals surface area (Å²) in [5.41, 5.74) is 1.01. The number of nitrogens with one attached hydrogen (secondary N) is 1. The summed E-state index contributed by atoms with van der Waals surface area (Å²) in [5.74, 6) is 0. The molecule has 1 aromatic rings. The minimum atomic E-state index is 0.291. The van der Waals surface area contributed by atoms with Crippen LogP contribution in [0.3, 0.4) is 0 Å². The van der Waals surface area contributed by atoms with Crippen LogP contribution in [0.1, 0.15) is 38.4 Å². The summed E-state index contributed by atoms with van der Waals surface area (Å²) < 4.78 is 5.33. The molecule has 1 aromatic heterocycles. The van der Waals surface area contributed by atoms with Gasteiger partial charge in [-0.05, 0) is 26.3 Å². The Morgan fingerprint density at radius 2 is 2.25 bits per heavy atom. The van der Waals surface area contributed by atoms with Crippen molar-refractivity contribution >= 4 is 0 Å². The molecule has 16 heavy (non-hydrogen) atoms. The van der Waals surface area contributed by atoms with Crippen molar-refractivity contribution in [2.45, 2.75) is 32.7 Å². The van der Waals surface area contributed by atoms with Gasteiger partial charge in [0.25, 0.3) is 0 Å². The molecule has 0 aliphatic heterocycles. The second-order valence-electron chi connectivity index (χ2n) is 3.58. The average molecular weight is 223 g/mol. The van der Waals surface area contributed by atoms with Crippen molar-refractivity contribution < 1.29 is 4.74 Å². The van der Waals surface area contributed by atoms with Gasteiger partial charge in [0.1, 0.15) is 0 Å². The number of ether oxygens (including phenoxy) is 1. The molecule has 0 spiro atoms. The van der Waals surface area contributed by atoms with Crippen LogP contribution in [0.15, 0.2) is 18.6 Å². The molecule has 1 atom stereocenters. The van der Waals surface area contributed by atoms with Gasteiger partial charge in [0.15, 0.2) is 0 Å². The maximum Gasteiger partial charge on any atom is 0.0756 e. The zero-order valence-electron chi connectivity index (χ0n) is 10.1. The average Bonchev–Trinajstić information content (AvgIpc) is 2.34. The summed E-state index contributed by atoms with van der Waals surface area (Å²) >= 11 is 0. The predicted molar refractivity (Wildman–Crippen MR) is 64.2 cm³/mol. The van der Waals surface area contributed by atoms with Gasteiger partial charge in [-0.3, -0.25) is 9.97 Å². The number of aromatic nitrogens is 2. The van der Waals surface area contributed by atoms with Crippen molar-refractivity contribution in [3.63, 3.8) is 0 Å². The fourth-order valence-corrected chi connectivity index (χ4v) is 1.63. The molecular weight excluding hydrogens is 202 g/mol. The molecule has 4 heteroatoms. The Labute approximate surface area is 97.5 Å². The first-order valence-electron chi connectivity index (χ1n) is 5.95. The molecule has 1 rings (SSSR count). The van der Waals surface area contributed by atoms with Crippen molar-refractivity contribution in [1.82, 2.24) is 15.3 Å². The first kappa shape index (κ1) is 13.1. The molecule has 90 valence electrons. The number of rotatable bonds is 8. The summed E-state index contributed by atoms with van der Waals surface area (Å²) in [6, 6.07) is 0.291. The Bertz CT molecular complexity index is 266. The lowest BCUT2D eigenvalue weighted by Crippen LogP contribution is -2.22. The lowest BCUT2D eigenvalue weighted by atomic mass is 10.1. The summed E-state index contributed by atoms with van der Waals surface area (Å²) in [6.07, 6.45) is 7.34. The zero-order valence-corrected chi connectivity index (χ0v) is 10.1. The zero-order chi connectivity index (χ0) is 11.6. The minimum Gasteiger partial charge on any atom is -0.382 e. The summed E-state index contributed by atoms with van der Waals surface area (Å²) in [7, 11) is 0. The third-order valence-corrected chi connectivity index (χ3v) is 2.38. The van der Waals surface area contributed by atoms with E-state index in [2.05, 4.69) is 22.2 Å². The van der Waals surface area contributed by atoms with E-state index in [1.54, 1.807) is 12.4 Å². The highest BCUT2D eigenvalue weighted by Crippen LogP contribution is 2.14. The Balaban J connectivity index is 2.41. The highest BCUT2D eigenvalue weighted by molar-refractivity contribution is 5.01. The van der Waals surface area contributed by atoms with E-state index in [0.29, 0.717) is 6.04 Å². The topological polar surface area (TPSA) is 47.0 Å². The molecule has 1 N–H and O–H groups in total. The molecule has 1 heterocycles. The summed E-state index contributed by atoms with van der Waals surface area (Å²) in [4.78, 5) is 8.43. The van der Waals surface area contributed by atoms with E-state index in [9.17, 15) is 0 Å². The molecular formula is C12H21N3O. The van der Waals surface area contributed by atoms with Gasteiger partial charge in [0, 0.05) is 31.8 Å². The second-order valence-corrected chi connectivity index (χ2v) is 3.58.